The van der Waals surface area contributed by atoms with Crippen molar-refractivity contribution in [3.8, 4) is 0 Å². The third kappa shape index (κ3) is 3.24. The first-order valence-electron chi connectivity index (χ1n) is 10.2. The zero-order chi connectivity index (χ0) is 20.8. The van der Waals surface area contributed by atoms with Crippen molar-refractivity contribution in [3.05, 3.63) is 35.3 Å². The maximum Gasteiger partial charge on any atom is 0.333 e. The van der Waals surface area contributed by atoms with Crippen LogP contribution in [0.5, 0.6) is 0 Å². The first-order chi connectivity index (χ1) is 13.1. The van der Waals surface area contributed by atoms with Gasteiger partial charge < -0.3 is 13.9 Å². The van der Waals surface area contributed by atoms with E-state index in [2.05, 4.69) is 34.3 Å². The van der Waals surface area contributed by atoms with Crippen molar-refractivity contribution in [2.75, 3.05) is 6.61 Å². The van der Waals surface area contributed by atoms with Crippen LogP contribution >= 0.6 is 0 Å². The molecule has 1 heterocycles. The molecule has 0 N–H and O–H groups in total. The lowest BCUT2D eigenvalue weighted by Gasteiger charge is -2.54. The van der Waals surface area contributed by atoms with Crippen LogP contribution in [0, 0.1) is 30.1 Å². The predicted octanol–water partition coefficient (Wildman–Crippen LogP) is 5.04. The summed E-state index contributed by atoms with van der Waals surface area (Å²) in [4.78, 5) is 25.4. The lowest BCUT2D eigenvalue weighted by atomic mass is 9.53. The molecule has 0 saturated heterocycles. The van der Waals surface area contributed by atoms with E-state index in [9.17, 15) is 9.59 Å². The summed E-state index contributed by atoms with van der Waals surface area (Å²) < 4.78 is 17.9. The standard InChI is InChI=1S/C23H32O5/c1-12(2)10-27-21-18-14(5)11-26-20(18)19(24)16-8-9-17(15(6)23(16,21)7)28-22(25)13(3)4/h11-12,15-17,21H,3,8-10H2,1-2,4-7H3. The molecule has 1 aromatic rings. The van der Waals surface area contributed by atoms with Gasteiger partial charge in [-0.25, -0.2) is 4.79 Å². The molecule has 1 aromatic heterocycles. The van der Waals surface area contributed by atoms with Crippen LogP contribution in [0.1, 0.15) is 75.2 Å². The number of Topliss-reactive ketones (excluding diaryl/α,β-unsaturated/α-hetero) is 1. The molecule has 5 nitrogen and oxygen atoms in total. The summed E-state index contributed by atoms with van der Waals surface area (Å²) in [6.07, 6.45) is 2.41. The van der Waals surface area contributed by atoms with E-state index < -0.39 is 5.41 Å². The number of ketones is 1. The summed E-state index contributed by atoms with van der Waals surface area (Å²) in [5.41, 5.74) is 1.71. The number of ether oxygens (including phenoxy) is 2. The van der Waals surface area contributed by atoms with Gasteiger partial charge in [-0.2, -0.15) is 0 Å². The minimum atomic E-state index is -0.480. The monoisotopic (exact) mass is 388 g/mol. The van der Waals surface area contributed by atoms with Crippen molar-refractivity contribution in [1.29, 1.82) is 0 Å². The lowest BCUT2D eigenvalue weighted by molar-refractivity contribution is -0.170. The second-order valence-electron chi connectivity index (χ2n) is 9.14. The molecule has 154 valence electrons. The van der Waals surface area contributed by atoms with Crippen LogP contribution in [0.15, 0.2) is 22.8 Å². The van der Waals surface area contributed by atoms with Crippen LogP contribution in [0.2, 0.25) is 0 Å². The van der Waals surface area contributed by atoms with Crippen molar-refractivity contribution in [2.24, 2.45) is 23.2 Å². The molecule has 2 aliphatic carbocycles. The second-order valence-corrected chi connectivity index (χ2v) is 9.14. The predicted molar refractivity (Wildman–Crippen MR) is 106 cm³/mol. The zero-order valence-electron chi connectivity index (χ0n) is 17.8. The third-order valence-electron chi connectivity index (χ3n) is 6.62. The fourth-order valence-corrected chi connectivity index (χ4v) is 4.83. The summed E-state index contributed by atoms with van der Waals surface area (Å²) in [6.45, 7) is 16.3. The highest BCUT2D eigenvalue weighted by Gasteiger charge is 2.60. The number of hydrogen-bond acceptors (Lipinski definition) is 5. The minimum absolute atomic E-state index is 0.0434. The van der Waals surface area contributed by atoms with Gasteiger partial charge in [0, 0.05) is 35.0 Å². The number of aryl methyl sites for hydroxylation is 1. The van der Waals surface area contributed by atoms with Gasteiger partial charge in [-0.15, -0.1) is 0 Å². The summed E-state index contributed by atoms with van der Waals surface area (Å²) in [7, 11) is 0. The summed E-state index contributed by atoms with van der Waals surface area (Å²) in [6, 6.07) is 0. The SMILES string of the molecule is C=C(C)C(=O)OC1CCC2C(=O)c3occ(C)c3C(OCC(C)C)C2(C)C1C. The van der Waals surface area contributed by atoms with Gasteiger partial charge in [0.1, 0.15) is 6.10 Å². The number of fused-ring (bicyclic) bond motifs is 2. The molecule has 28 heavy (non-hydrogen) atoms. The number of furan rings is 1. The van der Waals surface area contributed by atoms with E-state index in [1.54, 1.807) is 13.2 Å². The fraction of sp³-hybridized carbons (Fsp3) is 0.652. The van der Waals surface area contributed by atoms with Gasteiger partial charge in [0.2, 0.25) is 5.78 Å². The van der Waals surface area contributed by atoms with E-state index >= 15 is 0 Å². The quantitative estimate of drug-likeness (QED) is 0.522. The molecule has 0 aliphatic heterocycles. The van der Waals surface area contributed by atoms with Gasteiger partial charge in [0.15, 0.2) is 5.76 Å². The normalized spacial score (nSPS) is 32.0. The van der Waals surface area contributed by atoms with Crippen molar-refractivity contribution >= 4 is 11.8 Å². The molecule has 1 saturated carbocycles. The Morgan fingerprint density at radius 2 is 2.07 bits per heavy atom. The summed E-state index contributed by atoms with van der Waals surface area (Å²) in [5.74, 6) is 0.229. The largest absolute Gasteiger partial charge is 0.461 e. The molecule has 2 aliphatic rings. The van der Waals surface area contributed by atoms with Gasteiger partial charge >= 0.3 is 5.97 Å². The van der Waals surface area contributed by atoms with Gasteiger partial charge in [0.05, 0.1) is 12.4 Å². The van der Waals surface area contributed by atoms with Crippen molar-refractivity contribution < 1.29 is 23.5 Å². The Hall–Kier alpha value is -1.88. The van der Waals surface area contributed by atoms with Gasteiger partial charge in [-0.3, -0.25) is 4.79 Å². The third-order valence-corrected chi connectivity index (χ3v) is 6.62. The molecule has 5 unspecified atom stereocenters. The molecule has 1 fully saturated rings. The number of carbonyl (C=O) groups excluding carboxylic acids is 2. The average Bonchev–Trinajstić information content (AvgIpc) is 3.00. The Morgan fingerprint density at radius 1 is 1.39 bits per heavy atom. The molecular weight excluding hydrogens is 356 g/mol. The Labute approximate surface area is 167 Å². The van der Waals surface area contributed by atoms with Crippen molar-refractivity contribution in [2.45, 2.75) is 66.6 Å². The van der Waals surface area contributed by atoms with Crippen LogP contribution in [-0.4, -0.2) is 24.5 Å². The first kappa shape index (κ1) is 20.8. The average molecular weight is 389 g/mol. The summed E-state index contributed by atoms with van der Waals surface area (Å²) in [5, 5.41) is 0. The van der Waals surface area contributed by atoms with E-state index in [1.807, 2.05) is 6.92 Å². The first-order valence-corrected chi connectivity index (χ1v) is 10.2. The maximum atomic E-state index is 13.3. The molecule has 0 spiro atoms. The van der Waals surface area contributed by atoms with Crippen LogP contribution < -0.4 is 0 Å². The van der Waals surface area contributed by atoms with E-state index in [0.29, 0.717) is 36.7 Å². The van der Waals surface area contributed by atoms with E-state index in [1.165, 1.54) is 0 Å². The van der Waals surface area contributed by atoms with Gasteiger partial charge in [-0.1, -0.05) is 34.3 Å². The summed E-state index contributed by atoms with van der Waals surface area (Å²) >= 11 is 0. The smallest absolute Gasteiger partial charge is 0.333 e. The van der Waals surface area contributed by atoms with E-state index in [4.69, 9.17) is 13.9 Å². The topological polar surface area (TPSA) is 65.7 Å². The highest BCUT2D eigenvalue weighted by atomic mass is 16.5. The van der Waals surface area contributed by atoms with Crippen molar-refractivity contribution in [3.63, 3.8) is 0 Å². The Kier molecular flexibility index (Phi) is 5.59. The van der Waals surface area contributed by atoms with E-state index in [0.717, 1.165) is 11.1 Å². The van der Waals surface area contributed by atoms with Crippen LogP contribution in [0.25, 0.3) is 0 Å². The Bertz CT molecular complexity index is 789. The maximum absolute atomic E-state index is 13.3. The van der Waals surface area contributed by atoms with Crippen LogP contribution in [-0.2, 0) is 14.3 Å². The Balaban J connectivity index is 2.03. The van der Waals surface area contributed by atoms with E-state index in [-0.39, 0.29) is 35.8 Å². The fourth-order valence-electron chi connectivity index (χ4n) is 4.83. The number of hydrogen-bond donors (Lipinski definition) is 0. The Morgan fingerprint density at radius 3 is 2.68 bits per heavy atom. The second kappa shape index (κ2) is 7.51. The van der Waals surface area contributed by atoms with Crippen LogP contribution in [0.4, 0.5) is 0 Å². The number of carbonyl (C=O) groups is 2. The van der Waals surface area contributed by atoms with Gasteiger partial charge in [0.25, 0.3) is 0 Å². The van der Waals surface area contributed by atoms with Gasteiger partial charge in [-0.05, 0) is 38.2 Å². The van der Waals surface area contributed by atoms with Crippen molar-refractivity contribution in [1.82, 2.24) is 0 Å². The molecule has 0 radical (unpaired) electrons. The highest BCUT2D eigenvalue weighted by Crippen LogP contribution is 2.59. The number of rotatable bonds is 5. The lowest BCUT2D eigenvalue weighted by Crippen LogP contribution is -2.55. The molecule has 0 amide bonds. The molecule has 0 bridgehead atoms. The minimum Gasteiger partial charge on any atom is -0.461 e. The zero-order valence-corrected chi connectivity index (χ0v) is 17.8. The highest BCUT2D eigenvalue weighted by molar-refractivity contribution is 5.99. The molecule has 0 aromatic carbocycles. The molecule has 5 heteroatoms. The van der Waals surface area contributed by atoms with Crippen LogP contribution in [0.3, 0.4) is 0 Å². The molecular formula is C23H32O5. The molecule has 5 atom stereocenters. The number of esters is 1. The molecule has 3 rings (SSSR count).